The lowest BCUT2D eigenvalue weighted by Crippen LogP contribution is -2.55. The summed E-state index contributed by atoms with van der Waals surface area (Å²) < 4.78 is 0.690. The molecule has 3 rings (SSSR count). The van der Waals surface area contributed by atoms with Crippen LogP contribution in [0.15, 0.2) is 22.7 Å². The van der Waals surface area contributed by atoms with E-state index in [2.05, 4.69) is 15.9 Å². The van der Waals surface area contributed by atoms with E-state index in [-0.39, 0.29) is 11.1 Å². The van der Waals surface area contributed by atoms with Crippen molar-refractivity contribution in [1.29, 1.82) is 0 Å². The molecule has 1 fully saturated rings. The van der Waals surface area contributed by atoms with Gasteiger partial charge in [0.2, 0.25) is 0 Å². The molecule has 0 saturated heterocycles. The molecule has 1 aliphatic carbocycles. The number of benzene rings is 1. The average molecular weight is 338 g/mol. The van der Waals surface area contributed by atoms with Gasteiger partial charge in [0.15, 0.2) is 0 Å². The molecule has 0 unspecified atom stereocenters. The number of carboxylic acid groups (broad SMARTS) is 1. The third-order valence-corrected chi connectivity index (χ3v) is 4.60. The van der Waals surface area contributed by atoms with Gasteiger partial charge in [-0.25, -0.2) is 4.79 Å². The van der Waals surface area contributed by atoms with Crippen LogP contribution in [0.3, 0.4) is 0 Å². The minimum Gasteiger partial charge on any atom is -0.479 e. The van der Waals surface area contributed by atoms with Crippen LogP contribution in [0.25, 0.3) is 0 Å². The first-order valence-electron chi connectivity index (χ1n) is 6.39. The van der Waals surface area contributed by atoms with Gasteiger partial charge < -0.3 is 5.11 Å². The number of nitrogens with zero attached hydrogens (tertiary/aromatic N) is 1. The number of halogens is 1. The largest absolute Gasteiger partial charge is 0.479 e. The molecule has 0 bridgehead atoms. The fourth-order valence-electron chi connectivity index (χ4n) is 3.09. The topological polar surface area (TPSA) is 74.7 Å². The van der Waals surface area contributed by atoms with Gasteiger partial charge in [-0.3, -0.25) is 14.5 Å². The van der Waals surface area contributed by atoms with Crippen molar-refractivity contribution in [1.82, 2.24) is 4.90 Å². The summed E-state index contributed by atoms with van der Waals surface area (Å²) in [4.78, 5) is 37.5. The summed E-state index contributed by atoms with van der Waals surface area (Å²) >= 11 is 3.26. The van der Waals surface area contributed by atoms with Gasteiger partial charge >= 0.3 is 5.97 Å². The normalized spacial score (nSPS) is 20.4. The average Bonchev–Trinajstić information content (AvgIpc) is 2.96. The lowest BCUT2D eigenvalue weighted by molar-refractivity contribution is -0.148. The summed E-state index contributed by atoms with van der Waals surface area (Å²) in [5.41, 5.74) is -0.817. The predicted molar refractivity (Wildman–Crippen MR) is 73.5 cm³/mol. The predicted octanol–water partition coefficient (Wildman–Crippen LogP) is 2.44. The number of aliphatic carboxylic acids is 1. The van der Waals surface area contributed by atoms with Crippen molar-refractivity contribution < 1.29 is 19.5 Å². The highest BCUT2D eigenvalue weighted by atomic mass is 79.9. The molecule has 104 valence electrons. The Morgan fingerprint density at radius 2 is 1.75 bits per heavy atom. The Hall–Kier alpha value is -1.69. The van der Waals surface area contributed by atoms with Gasteiger partial charge in [-0.05, 0) is 31.0 Å². The van der Waals surface area contributed by atoms with Crippen LogP contribution in [0.4, 0.5) is 0 Å². The van der Waals surface area contributed by atoms with Gasteiger partial charge in [-0.15, -0.1) is 0 Å². The molecule has 20 heavy (non-hydrogen) atoms. The van der Waals surface area contributed by atoms with E-state index in [1.54, 1.807) is 18.2 Å². The number of imide groups is 1. The van der Waals surface area contributed by atoms with Crippen molar-refractivity contribution in [2.24, 2.45) is 0 Å². The summed E-state index contributed by atoms with van der Waals surface area (Å²) in [5, 5.41) is 9.54. The number of amides is 2. The molecule has 1 aromatic carbocycles. The summed E-state index contributed by atoms with van der Waals surface area (Å²) in [5.74, 6) is -2.10. The number of hydrogen-bond acceptors (Lipinski definition) is 3. The number of hydrogen-bond donors (Lipinski definition) is 1. The second-order valence-electron chi connectivity index (χ2n) is 5.18. The van der Waals surface area contributed by atoms with Gasteiger partial charge in [-0.2, -0.15) is 0 Å². The van der Waals surface area contributed by atoms with Crippen LogP contribution >= 0.6 is 15.9 Å². The molecular formula is C14H12BrNO4. The molecule has 1 aromatic rings. The molecule has 0 atom stereocenters. The maximum absolute atomic E-state index is 12.5. The molecule has 6 heteroatoms. The van der Waals surface area contributed by atoms with Crippen LogP contribution in [0.2, 0.25) is 0 Å². The molecular weight excluding hydrogens is 326 g/mol. The van der Waals surface area contributed by atoms with E-state index < -0.39 is 23.3 Å². The summed E-state index contributed by atoms with van der Waals surface area (Å²) in [6.45, 7) is 0. The van der Waals surface area contributed by atoms with Crippen molar-refractivity contribution in [3.63, 3.8) is 0 Å². The number of fused-ring (bicyclic) bond motifs is 1. The highest BCUT2D eigenvalue weighted by molar-refractivity contribution is 9.10. The minimum atomic E-state index is -1.38. The highest BCUT2D eigenvalue weighted by Gasteiger charge is 2.55. The van der Waals surface area contributed by atoms with Crippen LogP contribution in [-0.2, 0) is 4.79 Å². The lowest BCUT2D eigenvalue weighted by Gasteiger charge is -2.32. The monoisotopic (exact) mass is 337 g/mol. The Balaban J connectivity index is 2.11. The zero-order chi connectivity index (χ0) is 14.5. The first kappa shape index (κ1) is 13.3. The smallest absolute Gasteiger partial charge is 0.330 e. The molecule has 1 N–H and O–H groups in total. The Morgan fingerprint density at radius 3 is 2.35 bits per heavy atom. The molecule has 0 spiro atoms. The van der Waals surface area contributed by atoms with Crippen LogP contribution in [0, 0.1) is 0 Å². The van der Waals surface area contributed by atoms with E-state index in [1.165, 1.54) is 0 Å². The van der Waals surface area contributed by atoms with Crippen molar-refractivity contribution >= 4 is 33.7 Å². The first-order valence-corrected chi connectivity index (χ1v) is 7.18. The Morgan fingerprint density at radius 1 is 1.15 bits per heavy atom. The fourth-order valence-corrected chi connectivity index (χ4v) is 3.46. The minimum absolute atomic E-state index is 0.275. The standard InChI is InChI=1S/C14H12BrNO4/c15-8-3-4-9-10(7-8)12(18)16(11(9)17)14(13(19)20)5-1-2-6-14/h3-4,7H,1-2,5-6H2,(H,19,20). The van der Waals surface area contributed by atoms with Gasteiger partial charge in [-0.1, -0.05) is 28.8 Å². The molecule has 2 amide bonds. The van der Waals surface area contributed by atoms with Crippen LogP contribution < -0.4 is 0 Å². The fraction of sp³-hybridized carbons (Fsp3) is 0.357. The summed E-state index contributed by atoms with van der Waals surface area (Å²) in [6.07, 6.45) is 2.08. The zero-order valence-electron chi connectivity index (χ0n) is 10.6. The van der Waals surface area contributed by atoms with Gasteiger partial charge in [0, 0.05) is 4.47 Å². The third kappa shape index (κ3) is 1.64. The summed E-state index contributed by atoms with van der Waals surface area (Å²) in [7, 11) is 0. The molecule has 1 saturated carbocycles. The number of carbonyl (C=O) groups is 3. The van der Waals surface area contributed by atoms with Crippen molar-refractivity contribution in [2.45, 2.75) is 31.2 Å². The lowest BCUT2D eigenvalue weighted by atomic mass is 9.95. The van der Waals surface area contributed by atoms with Gasteiger partial charge in [0.05, 0.1) is 11.1 Å². The number of carboxylic acids is 1. The van der Waals surface area contributed by atoms with E-state index >= 15 is 0 Å². The Kier molecular flexibility index (Phi) is 2.93. The van der Waals surface area contributed by atoms with Gasteiger partial charge in [0.25, 0.3) is 11.8 Å². The van der Waals surface area contributed by atoms with E-state index in [1.807, 2.05) is 0 Å². The third-order valence-electron chi connectivity index (χ3n) is 4.11. The van der Waals surface area contributed by atoms with Crippen LogP contribution in [0.5, 0.6) is 0 Å². The SMILES string of the molecule is O=C1c2ccc(Br)cc2C(=O)N1C1(C(=O)O)CCCC1. The molecule has 1 heterocycles. The summed E-state index contributed by atoms with van der Waals surface area (Å²) in [6, 6.07) is 4.81. The molecule has 0 radical (unpaired) electrons. The second kappa shape index (κ2) is 4.41. The van der Waals surface area contributed by atoms with Crippen LogP contribution in [-0.4, -0.2) is 33.3 Å². The van der Waals surface area contributed by atoms with E-state index in [9.17, 15) is 19.5 Å². The molecule has 1 aliphatic heterocycles. The van der Waals surface area contributed by atoms with Crippen molar-refractivity contribution in [3.05, 3.63) is 33.8 Å². The van der Waals surface area contributed by atoms with Crippen molar-refractivity contribution in [3.8, 4) is 0 Å². The van der Waals surface area contributed by atoms with E-state index in [4.69, 9.17) is 0 Å². The van der Waals surface area contributed by atoms with Crippen LogP contribution in [0.1, 0.15) is 46.4 Å². The quantitative estimate of drug-likeness (QED) is 0.841. The second-order valence-corrected chi connectivity index (χ2v) is 6.10. The van der Waals surface area contributed by atoms with Crippen molar-refractivity contribution in [2.75, 3.05) is 0 Å². The Bertz CT molecular complexity index is 634. The maximum atomic E-state index is 12.5. The molecule has 5 nitrogen and oxygen atoms in total. The maximum Gasteiger partial charge on any atom is 0.330 e. The van der Waals surface area contributed by atoms with E-state index in [0.717, 1.165) is 4.90 Å². The number of carbonyl (C=O) groups excluding carboxylic acids is 2. The zero-order valence-corrected chi connectivity index (χ0v) is 12.1. The first-order chi connectivity index (χ1) is 9.47. The highest BCUT2D eigenvalue weighted by Crippen LogP contribution is 2.40. The van der Waals surface area contributed by atoms with Gasteiger partial charge in [0.1, 0.15) is 5.54 Å². The molecule has 0 aromatic heterocycles. The Labute approximate surface area is 123 Å². The van der Waals surface area contributed by atoms with E-state index in [0.29, 0.717) is 30.2 Å². The number of rotatable bonds is 2. The molecule has 2 aliphatic rings.